The molecule has 0 heterocycles. The highest BCUT2D eigenvalue weighted by atomic mass is 16.2. The maximum Gasteiger partial charge on any atom is 0.234 e. The molecule has 0 aromatic rings. The summed E-state index contributed by atoms with van der Waals surface area (Å²) < 4.78 is 0. The van der Waals surface area contributed by atoms with Crippen LogP contribution in [-0.4, -0.2) is 49.4 Å². The van der Waals surface area contributed by atoms with Crippen LogP contribution >= 0.6 is 0 Å². The van der Waals surface area contributed by atoms with Crippen LogP contribution < -0.4 is 10.6 Å². The van der Waals surface area contributed by atoms with Gasteiger partial charge in [0.25, 0.3) is 0 Å². The van der Waals surface area contributed by atoms with E-state index in [4.69, 9.17) is 5.26 Å². The van der Waals surface area contributed by atoms with Gasteiger partial charge in [-0.25, -0.2) is 0 Å². The third kappa shape index (κ3) is 7.30. The molecule has 6 heteroatoms. The Morgan fingerprint density at radius 2 is 1.94 bits per heavy atom. The Labute approximate surface area is 102 Å². The van der Waals surface area contributed by atoms with Crippen molar-refractivity contribution in [3.8, 4) is 6.07 Å². The van der Waals surface area contributed by atoms with Crippen molar-refractivity contribution in [2.24, 2.45) is 0 Å². The lowest BCUT2D eigenvalue weighted by molar-refractivity contribution is -0.130. The quantitative estimate of drug-likeness (QED) is 0.441. The van der Waals surface area contributed by atoms with E-state index in [1.54, 1.807) is 4.90 Å². The highest BCUT2D eigenvalue weighted by Gasteiger charge is 2.08. The standard InChI is InChI=1S/C11H20N4O2/c1-3-15(4-2)11(17)5-7-13-9-10(16)14-8-6-12/h13H,3-5,7-9H2,1-2H3,(H,14,16). The summed E-state index contributed by atoms with van der Waals surface area (Å²) in [6.45, 7) is 5.89. The van der Waals surface area contributed by atoms with Crippen LogP contribution in [0.2, 0.25) is 0 Å². The van der Waals surface area contributed by atoms with Crippen molar-refractivity contribution in [2.45, 2.75) is 20.3 Å². The smallest absolute Gasteiger partial charge is 0.234 e. The molecule has 0 aromatic carbocycles. The van der Waals surface area contributed by atoms with E-state index < -0.39 is 0 Å². The predicted molar refractivity (Wildman–Crippen MR) is 64.0 cm³/mol. The summed E-state index contributed by atoms with van der Waals surface area (Å²) in [7, 11) is 0. The second-order valence-corrected chi connectivity index (χ2v) is 3.43. The fourth-order valence-corrected chi connectivity index (χ4v) is 1.33. The van der Waals surface area contributed by atoms with Gasteiger partial charge in [-0.05, 0) is 13.8 Å². The summed E-state index contributed by atoms with van der Waals surface area (Å²) >= 11 is 0. The van der Waals surface area contributed by atoms with Gasteiger partial charge in [0.05, 0.1) is 12.6 Å². The Morgan fingerprint density at radius 3 is 2.47 bits per heavy atom. The molecular weight excluding hydrogens is 220 g/mol. The molecule has 0 radical (unpaired) electrons. The van der Waals surface area contributed by atoms with Crippen LogP contribution in [0.25, 0.3) is 0 Å². The van der Waals surface area contributed by atoms with E-state index >= 15 is 0 Å². The molecule has 0 saturated carbocycles. The summed E-state index contributed by atoms with van der Waals surface area (Å²) in [5, 5.41) is 13.5. The molecule has 6 nitrogen and oxygen atoms in total. The number of nitrogens with zero attached hydrogens (tertiary/aromatic N) is 2. The number of hydrogen-bond donors (Lipinski definition) is 2. The number of amides is 2. The van der Waals surface area contributed by atoms with Crippen molar-refractivity contribution in [3.63, 3.8) is 0 Å². The minimum atomic E-state index is -0.234. The molecule has 17 heavy (non-hydrogen) atoms. The monoisotopic (exact) mass is 240 g/mol. The maximum absolute atomic E-state index is 11.6. The molecule has 2 N–H and O–H groups in total. The highest BCUT2D eigenvalue weighted by Crippen LogP contribution is 1.92. The van der Waals surface area contributed by atoms with Gasteiger partial charge in [0.1, 0.15) is 6.54 Å². The van der Waals surface area contributed by atoms with Gasteiger partial charge in [0.2, 0.25) is 11.8 Å². The lowest BCUT2D eigenvalue weighted by atomic mass is 10.3. The van der Waals surface area contributed by atoms with Gasteiger partial charge in [0.15, 0.2) is 0 Å². The Kier molecular flexibility index (Phi) is 8.69. The van der Waals surface area contributed by atoms with Crippen molar-refractivity contribution in [3.05, 3.63) is 0 Å². The number of hydrogen-bond acceptors (Lipinski definition) is 4. The van der Waals surface area contributed by atoms with Crippen LogP contribution in [0.15, 0.2) is 0 Å². The first-order valence-electron chi connectivity index (χ1n) is 5.77. The SMILES string of the molecule is CCN(CC)C(=O)CCNCC(=O)NCC#N. The average molecular weight is 240 g/mol. The maximum atomic E-state index is 11.6. The van der Waals surface area contributed by atoms with Gasteiger partial charge in [0, 0.05) is 26.1 Å². The van der Waals surface area contributed by atoms with Crippen molar-refractivity contribution < 1.29 is 9.59 Å². The lowest BCUT2D eigenvalue weighted by Crippen LogP contribution is -2.37. The first-order chi connectivity index (χ1) is 8.15. The molecule has 2 amide bonds. The Hall–Kier alpha value is -1.61. The van der Waals surface area contributed by atoms with E-state index in [0.717, 1.165) is 0 Å². The molecule has 0 aliphatic rings. The van der Waals surface area contributed by atoms with Gasteiger partial charge in [-0.1, -0.05) is 0 Å². The molecule has 0 atom stereocenters. The van der Waals surface area contributed by atoms with Crippen LogP contribution in [0, 0.1) is 11.3 Å². The zero-order valence-corrected chi connectivity index (χ0v) is 10.5. The van der Waals surface area contributed by atoms with E-state index in [-0.39, 0.29) is 24.9 Å². The zero-order chi connectivity index (χ0) is 13.1. The highest BCUT2D eigenvalue weighted by molar-refractivity contribution is 5.78. The molecule has 0 spiro atoms. The Balaban J connectivity index is 3.61. The second-order valence-electron chi connectivity index (χ2n) is 3.43. The van der Waals surface area contributed by atoms with Crippen LogP contribution in [0.5, 0.6) is 0 Å². The predicted octanol–water partition coefficient (Wildman–Crippen LogP) is -0.526. The van der Waals surface area contributed by atoms with Crippen molar-refractivity contribution >= 4 is 11.8 Å². The molecule has 0 bridgehead atoms. The second kappa shape index (κ2) is 9.60. The minimum Gasteiger partial charge on any atom is -0.343 e. The Bertz CT molecular complexity index is 282. The molecule has 0 aromatic heterocycles. The summed E-state index contributed by atoms with van der Waals surface area (Å²) in [5.41, 5.74) is 0. The van der Waals surface area contributed by atoms with E-state index in [1.807, 2.05) is 19.9 Å². The fourth-order valence-electron chi connectivity index (χ4n) is 1.33. The molecule has 0 rings (SSSR count). The number of carbonyl (C=O) groups excluding carboxylic acids is 2. The summed E-state index contributed by atoms with van der Waals surface area (Å²) in [5.74, 6) is -0.151. The van der Waals surface area contributed by atoms with Gasteiger partial charge in [-0.2, -0.15) is 5.26 Å². The first-order valence-corrected chi connectivity index (χ1v) is 5.77. The average Bonchev–Trinajstić information content (AvgIpc) is 2.33. The van der Waals surface area contributed by atoms with Crippen LogP contribution in [0.4, 0.5) is 0 Å². The first kappa shape index (κ1) is 15.4. The van der Waals surface area contributed by atoms with Crippen molar-refractivity contribution in [1.29, 1.82) is 5.26 Å². The molecule has 0 saturated heterocycles. The lowest BCUT2D eigenvalue weighted by Gasteiger charge is -2.18. The number of rotatable bonds is 8. The zero-order valence-electron chi connectivity index (χ0n) is 10.5. The van der Waals surface area contributed by atoms with Crippen LogP contribution in [0.1, 0.15) is 20.3 Å². The Morgan fingerprint density at radius 1 is 1.29 bits per heavy atom. The summed E-state index contributed by atoms with van der Waals surface area (Å²) in [6, 6.07) is 1.82. The number of nitrogens with one attached hydrogen (secondary N) is 2. The van der Waals surface area contributed by atoms with Gasteiger partial charge in [-0.15, -0.1) is 0 Å². The van der Waals surface area contributed by atoms with E-state index in [9.17, 15) is 9.59 Å². The van der Waals surface area contributed by atoms with Gasteiger partial charge in [-0.3, -0.25) is 9.59 Å². The fraction of sp³-hybridized carbons (Fsp3) is 0.727. The molecular formula is C11H20N4O2. The summed E-state index contributed by atoms with van der Waals surface area (Å²) in [4.78, 5) is 24.4. The largest absolute Gasteiger partial charge is 0.343 e. The molecule has 0 aliphatic heterocycles. The van der Waals surface area contributed by atoms with Crippen molar-refractivity contribution in [1.82, 2.24) is 15.5 Å². The van der Waals surface area contributed by atoms with Crippen LogP contribution in [-0.2, 0) is 9.59 Å². The van der Waals surface area contributed by atoms with E-state index in [1.165, 1.54) is 0 Å². The number of nitriles is 1. The van der Waals surface area contributed by atoms with E-state index in [2.05, 4.69) is 10.6 Å². The normalized spacial score (nSPS) is 9.47. The third-order valence-corrected chi connectivity index (χ3v) is 2.28. The topological polar surface area (TPSA) is 85.2 Å². The van der Waals surface area contributed by atoms with Crippen molar-refractivity contribution in [2.75, 3.05) is 32.7 Å². The molecule has 96 valence electrons. The third-order valence-electron chi connectivity index (χ3n) is 2.28. The molecule has 0 fully saturated rings. The number of carbonyl (C=O) groups is 2. The van der Waals surface area contributed by atoms with Crippen LogP contribution in [0.3, 0.4) is 0 Å². The van der Waals surface area contributed by atoms with E-state index in [0.29, 0.717) is 26.1 Å². The molecule has 0 aliphatic carbocycles. The summed E-state index contributed by atoms with van der Waals surface area (Å²) in [6.07, 6.45) is 0.382. The molecule has 0 unspecified atom stereocenters. The van der Waals surface area contributed by atoms with Gasteiger partial charge >= 0.3 is 0 Å². The van der Waals surface area contributed by atoms with Gasteiger partial charge < -0.3 is 15.5 Å². The minimum absolute atomic E-state index is 0.0128.